The summed E-state index contributed by atoms with van der Waals surface area (Å²) in [5, 5.41) is 11.8. The lowest BCUT2D eigenvalue weighted by Gasteiger charge is -2.09. The van der Waals surface area contributed by atoms with Gasteiger partial charge in [-0.1, -0.05) is 36.4 Å². The third kappa shape index (κ3) is 5.30. The lowest BCUT2D eigenvalue weighted by molar-refractivity contribution is -0.132. The molecular formula is C22H15BrFNO4. The Balaban J connectivity index is 1.77. The number of rotatable bonds is 6. The van der Waals surface area contributed by atoms with Crippen molar-refractivity contribution < 1.29 is 23.8 Å². The van der Waals surface area contributed by atoms with Crippen LogP contribution in [0.2, 0.25) is 0 Å². The Hall–Kier alpha value is -3.45. The first-order valence-electron chi connectivity index (χ1n) is 8.47. The maximum absolute atomic E-state index is 13.9. The van der Waals surface area contributed by atoms with Crippen LogP contribution in [0.4, 0.5) is 4.39 Å². The van der Waals surface area contributed by atoms with E-state index in [9.17, 15) is 19.1 Å². The van der Waals surface area contributed by atoms with Crippen LogP contribution in [0.25, 0.3) is 6.08 Å². The molecule has 5 nitrogen and oxygen atoms in total. The quantitative estimate of drug-likeness (QED) is 0.498. The molecule has 0 aliphatic heterocycles. The standard InChI is InChI=1S/C22H15BrFNO4/c23-17-7-4-8-18(24)20(17)29-16-11-9-14(10-12-16)13-19(22(27)28)25-21(26)15-5-2-1-3-6-15/h1-13H,(H,25,26)(H,27,28). The van der Waals surface area contributed by atoms with Gasteiger partial charge in [-0.25, -0.2) is 9.18 Å². The average Bonchev–Trinajstić information content (AvgIpc) is 2.72. The van der Waals surface area contributed by atoms with Crippen molar-refractivity contribution in [2.75, 3.05) is 0 Å². The zero-order chi connectivity index (χ0) is 20.8. The number of hydrogen-bond acceptors (Lipinski definition) is 3. The van der Waals surface area contributed by atoms with Gasteiger partial charge in [-0.05, 0) is 64.0 Å². The fourth-order valence-corrected chi connectivity index (χ4v) is 2.85. The molecule has 0 saturated heterocycles. The average molecular weight is 456 g/mol. The third-order valence-corrected chi connectivity index (χ3v) is 4.47. The van der Waals surface area contributed by atoms with Crippen LogP contribution in [-0.4, -0.2) is 17.0 Å². The summed E-state index contributed by atoms with van der Waals surface area (Å²) in [5.74, 6) is -1.89. The summed E-state index contributed by atoms with van der Waals surface area (Å²) in [6.45, 7) is 0. The number of halogens is 2. The van der Waals surface area contributed by atoms with Crippen molar-refractivity contribution >= 4 is 33.9 Å². The van der Waals surface area contributed by atoms with Crippen LogP contribution >= 0.6 is 15.9 Å². The van der Waals surface area contributed by atoms with Gasteiger partial charge < -0.3 is 15.2 Å². The van der Waals surface area contributed by atoms with Crippen LogP contribution in [0.1, 0.15) is 15.9 Å². The Morgan fingerprint density at radius 2 is 1.66 bits per heavy atom. The van der Waals surface area contributed by atoms with E-state index >= 15 is 0 Å². The smallest absolute Gasteiger partial charge is 0.352 e. The molecule has 0 bridgehead atoms. The molecule has 0 aromatic heterocycles. The number of nitrogens with one attached hydrogen (secondary N) is 1. The Labute approximate surface area is 174 Å². The van der Waals surface area contributed by atoms with Crippen LogP contribution in [0.3, 0.4) is 0 Å². The van der Waals surface area contributed by atoms with E-state index < -0.39 is 17.7 Å². The maximum atomic E-state index is 13.9. The summed E-state index contributed by atoms with van der Waals surface area (Å²) in [4.78, 5) is 23.7. The third-order valence-electron chi connectivity index (χ3n) is 3.84. The van der Waals surface area contributed by atoms with Gasteiger partial charge >= 0.3 is 5.97 Å². The number of carbonyl (C=O) groups excluding carboxylic acids is 1. The van der Waals surface area contributed by atoms with Crippen LogP contribution in [-0.2, 0) is 4.79 Å². The molecule has 0 aliphatic carbocycles. The van der Waals surface area contributed by atoms with Crippen molar-refractivity contribution in [3.8, 4) is 11.5 Å². The van der Waals surface area contributed by atoms with Gasteiger partial charge in [0.25, 0.3) is 5.91 Å². The molecule has 0 unspecified atom stereocenters. The molecular weight excluding hydrogens is 441 g/mol. The first kappa shape index (κ1) is 20.3. The van der Waals surface area contributed by atoms with E-state index in [-0.39, 0.29) is 11.4 Å². The number of aliphatic carboxylic acids is 1. The summed E-state index contributed by atoms with van der Waals surface area (Å²) in [7, 11) is 0. The van der Waals surface area contributed by atoms with Crippen molar-refractivity contribution in [3.63, 3.8) is 0 Å². The van der Waals surface area contributed by atoms with Gasteiger partial charge in [0, 0.05) is 5.56 Å². The monoisotopic (exact) mass is 455 g/mol. The van der Waals surface area contributed by atoms with Crippen LogP contribution in [0.15, 0.2) is 83.0 Å². The van der Waals surface area contributed by atoms with Crippen molar-refractivity contribution in [2.45, 2.75) is 0 Å². The Morgan fingerprint density at radius 1 is 0.966 bits per heavy atom. The summed E-state index contributed by atoms with van der Waals surface area (Å²) < 4.78 is 19.9. The molecule has 0 radical (unpaired) electrons. The van der Waals surface area contributed by atoms with E-state index in [1.54, 1.807) is 66.7 Å². The number of benzene rings is 3. The highest BCUT2D eigenvalue weighted by Crippen LogP contribution is 2.32. The molecule has 0 saturated carbocycles. The van der Waals surface area contributed by atoms with Gasteiger partial charge in [0.2, 0.25) is 0 Å². The minimum absolute atomic E-state index is 0.0529. The van der Waals surface area contributed by atoms with E-state index in [0.29, 0.717) is 21.3 Å². The predicted molar refractivity (Wildman–Crippen MR) is 110 cm³/mol. The van der Waals surface area contributed by atoms with Crippen molar-refractivity contribution in [3.05, 3.63) is 99.9 Å². The largest absolute Gasteiger partial charge is 0.477 e. The van der Waals surface area contributed by atoms with Gasteiger partial charge in [-0.15, -0.1) is 0 Å². The van der Waals surface area contributed by atoms with E-state index in [4.69, 9.17) is 4.74 Å². The van der Waals surface area contributed by atoms with Crippen molar-refractivity contribution in [2.24, 2.45) is 0 Å². The SMILES string of the molecule is O=C(O)C(=Cc1ccc(Oc2c(F)cccc2Br)cc1)NC(=O)c1ccccc1. The van der Waals surface area contributed by atoms with Gasteiger partial charge in [0.05, 0.1) is 4.47 Å². The minimum Gasteiger partial charge on any atom is -0.477 e. The van der Waals surface area contributed by atoms with Gasteiger partial charge in [0.15, 0.2) is 11.6 Å². The topological polar surface area (TPSA) is 75.6 Å². The number of carboxylic acids is 1. The van der Waals surface area contributed by atoms with Gasteiger partial charge in [-0.2, -0.15) is 0 Å². The molecule has 3 aromatic carbocycles. The van der Waals surface area contributed by atoms with E-state index in [1.807, 2.05) is 0 Å². The number of carboxylic acid groups (broad SMARTS) is 1. The Morgan fingerprint density at radius 3 is 2.28 bits per heavy atom. The van der Waals surface area contributed by atoms with Crippen LogP contribution in [0, 0.1) is 5.82 Å². The lowest BCUT2D eigenvalue weighted by atomic mass is 10.1. The summed E-state index contributed by atoms with van der Waals surface area (Å²) in [5.41, 5.74) is 0.596. The first-order valence-corrected chi connectivity index (χ1v) is 9.26. The highest BCUT2D eigenvalue weighted by atomic mass is 79.9. The summed E-state index contributed by atoms with van der Waals surface area (Å²) >= 11 is 3.23. The number of para-hydroxylation sites is 1. The Bertz CT molecular complexity index is 1050. The van der Waals surface area contributed by atoms with Gasteiger partial charge in [0.1, 0.15) is 11.4 Å². The second kappa shape index (κ2) is 9.16. The minimum atomic E-state index is -1.27. The highest BCUT2D eigenvalue weighted by Gasteiger charge is 2.13. The number of carbonyl (C=O) groups is 2. The lowest BCUT2D eigenvalue weighted by Crippen LogP contribution is -2.27. The van der Waals surface area contributed by atoms with Crippen molar-refractivity contribution in [1.29, 1.82) is 0 Å². The van der Waals surface area contributed by atoms with E-state index in [2.05, 4.69) is 21.2 Å². The molecule has 29 heavy (non-hydrogen) atoms. The molecule has 3 aromatic rings. The molecule has 7 heteroatoms. The molecule has 0 fully saturated rings. The molecule has 3 rings (SSSR count). The Kier molecular flexibility index (Phi) is 6.41. The summed E-state index contributed by atoms with van der Waals surface area (Å²) in [6.07, 6.45) is 1.33. The van der Waals surface area contributed by atoms with Crippen LogP contribution < -0.4 is 10.1 Å². The number of amides is 1. The van der Waals surface area contributed by atoms with E-state index in [1.165, 1.54) is 12.1 Å². The molecule has 2 N–H and O–H groups in total. The number of ether oxygens (including phenoxy) is 1. The zero-order valence-corrected chi connectivity index (χ0v) is 16.5. The molecule has 0 aliphatic rings. The zero-order valence-electron chi connectivity index (χ0n) is 14.9. The molecule has 1 amide bonds. The highest BCUT2D eigenvalue weighted by molar-refractivity contribution is 9.10. The molecule has 0 heterocycles. The number of hydrogen-bond donors (Lipinski definition) is 2. The summed E-state index contributed by atoms with van der Waals surface area (Å²) in [6, 6.07) is 19.1. The van der Waals surface area contributed by atoms with E-state index in [0.717, 1.165) is 0 Å². The second-order valence-electron chi connectivity index (χ2n) is 5.91. The maximum Gasteiger partial charge on any atom is 0.352 e. The second-order valence-corrected chi connectivity index (χ2v) is 6.76. The normalized spacial score (nSPS) is 11.0. The van der Waals surface area contributed by atoms with Crippen molar-refractivity contribution in [1.82, 2.24) is 5.32 Å². The predicted octanol–water partition coefficient (Wildman–Crippen LogP) is 5.24. The fourth-order valence-electron chi connectivity index (χ4n) is 2.43. The fraction of sp³-hybridized carbons (Fsp3) is 0. The molecule has 146 valence electrons. The van der Waals surface area contributed by atoms with Gasteiger partial charge in [-0.3, -0.25) is 4.79 Å². The molecule has 0 spiro atoms. The first-order chi connectivity index (χ1) is 13.9. The molecule has 0 atom stereocenters. The van der Waals surface area contributed by atoms with Crippen LogP contribution in [0.5, 0.6) is 11.5 Å².